The zero-order valence-corrected chi connectivity index (χ0v) is 20.9. The zero-order valence-electron chi connectivity index (χ0n) is 20.9. The van der Waals surface area contributed by atoms with Gasteiger partial charge in [0.2, 0.25) is 11.8 Å². The Bertz CT molecular complexity index is 1150. The van der Waals surface area contributed by atoms with Gasteiger partial charge in [-0.3, -0.25) is 24.6 Å². The molecule has 3 heterocycles. The topological polar surface area (TPSA) is 88.2 Å². The average Bonchev–Trinajstić information content (AvgIpc) is 3.21. The lowest BCUT2D eigenvalue weighted by molar-refractivity contribution is -0.136. The fourth-order valence-electron chi connectivity index (χ4n) is 5.37. The highest BCUT2D eigenvalue weighted by Crippen LogP contribution is 2.34. The minimum Gasteiger partial charge on any atom is -0.489 e. The van der Waals surface area contributed by atoms with Crippen LogP contribution in [0.15, 0.2) is 42.5 Å². The summed E-state index contributed by atoms with van der Waals surface area (Å²) < 4.78 is 11.9. The molecular weight excluding hydrogens is 458 g/mol. The molecule has 0 bridgehead atoms. The summed E-state index contributed by atoms with van der Waals surface area (Å²) in [6.45, 7) is 7.56. The number of amides is 3. The standard InChI is InChI=1S/C28H33N3O5/c1-3-21-17-35-15-18(2)30(21)13-19-7-9-20(10-8-19)16-36-25-6-4-5-22-23(25)14-31(28(22)34)24-11-12-26(32)29-27(24)33/h4-10,18,21,24H,3,11-17H2,1-2H3,(H,29,32,33). The molecule has 3 amide bonds. The number of nitrogens with zero attached hydrogens (tertiary/aromatic N) is 2. The predicted octanol–water partition coefficient (Wildman–Crippen LogP) is 3.03. The van der Waals surface area contributed by atoms with Crippen LogP contribution in [0.4, 0.5) is 0 Å². The predicted molar refractivity (Wildman–Crippen MR) is 133 cm³/mol. The Morgan fingerprint density at radius 1 is 1.06 bits per heavy atom. The second kappa shape index (κ2) is 10.4. The molecule has 2 aromatic carbocycles. The lowest BCUT2D eigenvalue weighted by Crippen LogP contribution is -2.52. The Morgan fingerprint density at radius 3 is 2.58 bits per heavy atom. The molecule has 36 heavy (non-hydrogen) atoms. The first kappa shape index (κ1) is 24.5. The molecule has 5 rings (SSSR count). The van der Waals surface area contributed by atoms with E-state index in [9.17, 15) is 14.4 Å². The number of benzene rings is 2. The van der Waals surface area contributed by atoms with Crippen LogP contribution in [0.25, 0.3) is 0 Å². The van der Waals surface area contributed by atoms with Gasteiger partial charge >= 0.3 is 0 Å². The van der Waals surface area contributed by atoms with Crippen molar-refractivity contribution in [2.75, 3.05) is 13.2 Å². The molecule has 8 nitrogen and oxygen atoms in total. The van der Waals surface area contributed by atoms with E-state index < -0.39 is 11.9 Å². The Labute approximate surface area is 211 Å². The SMILES string of the molecule is CCC1COCC(C)N1Cc1ccc(COc2cccc3c2CN(C2CCC(=O)NC2=O)C3=O)cc1. The van der Waals surface area contributed by atoms with Crippen molar-refractivity contribution in [3.05, 3.63) is 64.7 Å². The van der Waals surface area contributed by atoms with E-state index in [-0.39, 0.29) is 18.2 Å². The molecule has 3 unspecified atom stereocenters. The van der Waals surface area contributed by atoms with E-state index in [4.69, 9.17) is 9.47 Å². The van der Waals surface area contributed by atoms with Crippen molar-refractivity contribution in [3.8, 4) is 5.75 Å². The monoisotopic (exact) mass is 491 g/mol. The molecule has 0 radical (unpaired) electrons. The maximum atomic E-state index is 13.0. The van der Waals surface area contributed by atoms with E-state index >= 15 is 0 Å². The molecular formula is C28H33N3O5. The molecule has 8 heteroatoms. The van der Waals surface area contributed by atoms with Crippen LogP contribution in [0.5, 0.6) is 5.75 Å². The number of carbonyl (C=O) groups excluding carboxylic acids is 3. The normalized spacial score (nSPS) is 24.6. The lowest BCUT2D eigenvalue weighted by atomic mass is 10.0. The summed E-state index contributed by atoms with van der Waals surface area (Å²) in [7, 11) is 0. The first-order valence-electron chi connectivity index (χ1n) is 12.7. The van der Waals surface area contributed by atoms with Crippen LogP contribution in [0.2, 0.25) is 0 Å². The van der Waals surface area contributed by atoms with E-state index in [2.05, 4.69) is 48.3 Å². The quantitative estimate of drug-likeness (QED) is 0.599. The molecule has 190 valence electrons. The van der Waals surface area contributed by atoms with Crippen LogP contribution in [-0.2, 0) is 34.0 Å². The maximum Gasteiger partial charge on any atom is 0.255 e. The van der Waals surface area contributed by atoms with E-state index in [1.165, 1.54) is 5.56 Å². The fourth-order valence-corrected chi connectivity index (χ4v) is 5.37. The maximum absolute atomic E-state index is 13.0. The highest BCUT2D eigenvalue weighted by atomic mass is 16.5. The Balaban J connectivity index is 1.23. The van der Waals surface area contributed by atoms with Crippen molar-refractivity contribution in [2.45, 2.75) is 70.9 Å². The number of piperidine rings is 1. The van der Waals surface area contributed by atoms with Gasteiger partial charge in [-0.05, 0) is 43.0 Å². The molecule has 1 N–H and O–H groups in total. The molecule has 3 aliphatic heterocycles. The van der Waals surface area contributed by atoms with Gasteiger partial charge in [0.05, 0.1) is 19.8 Å². The van der Waals surface area contributed by atoms with Crippen molar-refractivity contribution >= 4 is 17.7 Å². The molecule has 2 saturated heterocycles. The third-order valence-electron chi connectivity index (χ3n) is 7.50. The molecule has 0 aliphatic carbocycles. The number of fused-ring (bicyclic) bond motifs is 1. The van der Waals surface area contributed by atoms with Gasteiger partial charge in [0, 0.05) is 36.2 Å². The minimum atomic E-state index is -0.635. The van der Waals surface area contributed by atoms with Gasteiger partial charge in [-0.1, -0.05) is 37.3 Å². The van der Waals surface area contributed by atoms with Gasteiger partial charge < -0.3 is 14.4 Å². The molecule has 0 spiro atoms. The van der Waals surface area contributed by atoms with E-state index in [1.807, 2.05) is 6.07 Å². The van der Waals surface area contributed by atoms with Crippen molar-refractivity contribution in [1.29, 1.82) is 0 Å². The van der Waals surface area contributed by atoms with Crippen LogP contribution in [0, 0.1) is 0 Å². The number of nitrogens with one attached hydrogen (secondary N) is 1. The Hall–Kier alpha value is -3.23. The summed E-state index contributed by atoms with van der Waals surface area (Å²) >= 11 is 0. The largest absolute Gasteiger partial charge is 0.489 e. The summed E-state index contributed by atoms with van der Waals surface area (Å²) in [4.78, 5) is 40.9. The Morgan fingerprint density at radius 2 is 1.83 bits per heavy atom. The van der Waals surface area contributed by atoms with Gasteiger partial charge in [0.25, 0.3) is 5.91 Å². The number of rotatable bonds is 7. The van der Waals surface area contributed by atoms with E-state index in [0.717, 1.165) is 37.3 Å². The third kappa shape index (κ3) is 4.88. The number of morpholine rings is 1. The number of hydrogen-bond acceptors (Lipinski definition) is 6. The number of imide groups is 1. The van der Waals surface area contributed by atoms with Gasteiger partial charge in [-0.2, -0.15) is 0 Å². The van der Waals surface area contributed by atoms with Gasteiger partial charge in [-0.15, -0.1) is 0 Å². The van der Waals surface area contributed by atoms with E-state index in [1.54, 1.807) is 17.0 Å². The van der Waals surface area contributed by atoms with Crippen LogP contribution in [-0.4, -0.2) is 58.9 Å². The Kier molecular flexibility index (Phi) is 7.07. The summed E-state index contributed by atoms with van der Waals surface area (Å²) in [5, 5.41) is 2.34. The van der Waals surface area contributed by atoms with Crippen molar-refractivity contribution < 1.29 is 23.9 Å². The molecule has 0 saturated carbocycles. The van der Waals surface area contributed by atoms with Crippen molar-refractivity contribution in [3.63, 3.8) is 0 Å². The summed E-state index contributed by atoms with van der Waals surface area (Å²) in [6.07, 6.45) is 1.65. The molecule has 3 atom stereocenters. The van der Waals surface area contributed by atoms with Gasteiger partial charge in [0.1, 0.15) is 18.4 Å². The smallest absolute Gasteiger partial charge is 0.255 e. The third-order valence-corrected chi connectivity index (χ3v) is 7.50. The number of ether oxygens (including phenoxy) is 2. The average molecular weight is 492 g/mol. The highest BCUT2D eigenvalue weighted by molar-refractivity contribution is 6.05. The molecule has 2 fully saturated rings. The summed E-state index contributed by atoms with van der Waals surface area (Å²) in [5.74, 6) is -0.253. The van der Waals surface area contributed by atoms with Crippen molar-refractivity contribution in [1.82, 2.24) is 15.1 Å². The van der Waals surface area contributed by atoms with Crippen molar-refractivity contribution in [2.24, 2.45) is 0 Å². The summed E-state index contributed by atoms with van der Waals surface area (Å²) in [6, 6.07) is 14.1. The van der Waals surface area contributed by atoms with Crippen LogP contribution >= 0.6 is 0 Å². The highest BCUT2D eigenvalue weighted by Gasteiger charge is 2.40. The second-order valence-corrected chi connectivity index (χ2v) is 9.91. The second-order valence-electron chi connectivity index (χ2n) is 9.91. The molecule has 2 aromatic rings. The van der Waals surface area contributed by atoms with Crippen LogP contribution < -0.4 is 10.1 Å². The molecule has 3 aliphatic rings. The first-order valence-corrected chi connectivity index (χ1v) is 12.7. The van der Waals surface area contributed by atoms with Gasteiger partial charge in [-0.25, -0.2) is 0 Å². The van der Waals surface area contributed by atoms with Crippen LogP contribution in [0.3, 0.4) is 0 Å². The van der Waals surface area contributed by atoms with Gasteiger partial charge in [0.15, 0.2) is 0 Å². The minimum absolute atomic E-state index is 0.197. The fraction of sp³-hybridized carbons (Fsp3) is 0.464. The van der Waals surface area contributed by atoms with Crippen LogP contribution in [0.1, 0.15) is 60.2 Å². The lowest BCUT2D eigenvalue weighted by Gasteiger charge is -2.40. The first-order chi connectivity index (χ1) is 17.4. The summed E-state index contributed by atoms with van der Waals surface area (Å²) in [5.41, 5.74) is 3.65. The van der Waals surface area contributed by atoms with E-state index in [0.29, 0.717) is 43.0 Å². The number of hydrogen-bond donors (Lipinski definition) is 1. The number of carbonyl (C=O) groups is 3. The zero-order chi connectivity index (χ0) is 25.2. The molecule has 0 aromatic heterocycles.